The van der Waals surface area contributed by atoms with Gasteiger partial charge in [0.15, 0.2) is 0 Å². The maximum Gasteiger partial charge on any atom is 0.0790 e. The number of piperidine rings is 2. The van der Waals surface area contributed by atoms with Crippen molar-refractivity contribution in [1.29, 1.82) is 0 Å². The van der Waals surface area contributed by atoms with E-state index < -0.39 is 0 Å². The van der Waals surface area contributed by atoms with Gasteiger partial charge in [0.1, 0.15) is 0 Å². The molecule has 2 heterocycles. The van der Waals surface area contributed by atoms with Crippen molar-refractivity contribution in [2.45, 2.75) is 32.1 Å². The molecular weight excluding hydrogens is 162 g/mol. The van der Waals surface area contributed by atoms with Crippen LogP contribution >= 0.6 is 0 Å². The van der Waals surface area contributed by atoms with Gasteiger partial charge in [-0.2, -0.15) is 0 Å². The van der Waals surface area contributed by atoms with Crippen molar-refractivity contribution in [1.82, 2.24) is 0 Å². The molecule has 0 atom stereocenters. The molecule has 0 aromatic heterocycles. The van der Waals surface area contributed by atoms with Gasteiger partial charge in [0.2, 0.25) is 0 Å². The van der Waals surface area contributed by atoms with Crippen LogP contribution in [0.1, 0.15) is 32.1 Å². The lowest BCUT2D eigenvalue weighted by Gasteiger charge is -2.45. The lowest BCUT2D eigenvalue weighted by atomic mass is 9.93. The monoisotopic (exact) mass is 184 g/mol. The summed E-state index contributed by atoms with van der Waals surface area (Å²) in [6.45, 7) is 5.92. The van der Waals surface area contributed by atoms with E-state index in [4.69, 9.17) is 5.11 Å². The summed E-state index contributed by atoms with van der Waals surface area (Å²) in [5.74, 6) is 0.616. The molecule has 0 aromatic carbocycles. The van der Waals surface area contributed by atoms with Crippen molar-refractivity contribution in [2.75, 3.05) is 32.8 Å². The summed E-state index contributed by atoms with van der Waals surface area (Å²) in [6.07, 6.45) is 6.84. The van der Waals surface area contributed by atoms with Gasteiger partial charge in [-0.05, 0) is 25.2 Å². The molecule has 0 saturated carbocycles. The van der Waals surface area contributed by atoms with Gasteiger partial charge in [-0.3, -0.25) is 0 Å². The van der Waals surface area contributed by atoms with Crippen LogP contribution in [0.4, 0.5) is 0 Å². The molecule has 1 N–H and O–H groups in total. The SMILES string of the molecule is OCC1CC[N+]2(CCCCC2)CC1. The fourth-order valence-electron chi connectivity index (χ4n) is 2.98. The third kappa shape index (κ3) is 2.05. The number of aliphatic hydroxyl groups excluding tert-OH is 1. The van der Waals surface area contributed by atoms with Crippen LogP contribution in [-0.2, 0) is 0 Å². The first-order chi connectivity index (χ1) is 6.35. The second kappa shape index (κ2) is 3.97. The van der Waals surface area contributed by atoms with E-state index in [2.05, 4.69) is 0 Å². The lowest BCUT2D eigenvalue weighted by Crippen LogP contribution is -2.55. The number of nitrogens with zero attached hydrogens (tertiary/aromatic N) is 1. The molecule has 0 radical (unpaired) electrons. The maximum absolute atomic E-state index is 9.07. The summed E-state index contributed by atoms with van der Waals surface area (Å²) in [5.41, 5.74) is 0. The normalized spacial score (nSPS) is 29.3. The molecule has 2 nitrogen and oxygen atoms in total. The molecule has 2 aliphatic heterocycles. The number of rotatable bonds is 1. The first-order valence-electron chi connectivity index (χ1n) is 5.81. The first kappa shape index (κ1) is 9.47. The number of aliphatic hydroxyl groups is 1. The summed E-state index contributed by atoms with van der Waals surface area (Å²) >= 11 is 0. The van der Waals surface area contributed by atoms with E-state index in [0.29, 0.717) is 12.5 Å². The summed E-state index contributed by atoms with van der Waals surface area (Å²) in [6, 6.07) is 0. The highest BCUT2D eigenvalue weighted by atomic mass is 16.3. The second-order valence-electron chi connectivity index (χ2n) is 4.92. The Hall–Kier alpha value is -0.0800. The molecule has 2 aliphatic rings. The number of hydrogen-bond acceptors (Lipinski definition) is 1. The van der Waals surface area contributed by atoms with Gasteiger partial charge >= 0.3 is 0 Å². The molecule has 2 heteroatoms. The molecule has 0 unspecified atom stereocenters. The van der Waals surface area contributed by atoms with Crippen molar-refractivity contribution in [3.8, 4) is 0 Å². The average molecular weight is 184 g/mol. The van der Waals surface area contributed by atoms with Crippen molar-refractivity contribution in [2.24, 2.45) is 5.92 Å². The molecule has 76 valence electrons. The lowest BCUT2D eigenvalue weighted by molar-refractivity contribution is -0.937. The fourth-order valence-corrected chi connectivity index (χ4v) is 2.98. The Bertz CT molecular complexity index is 153. The summed E-state index contributed by atoms with van der Waals surface area (Å²) < 4.78 is 1.39. The van der Waals surface area contributed by atoms with E-state index in [1.807, 2.05) is 0 Å². The molecular formula is C11H22NO+. The Morgan fingerprint density at radius 1 is 0.923 bits per heavy atom. The van der Waals surface area contributed by atoms with Gasteiger partial charge in [-0.1, -0.05) is 0 Å². The first-order valence-corrected chi connectivity index (χ1v) is 5.81. The molecule has 2 saturated heterocycles. The van der Waals surface area contributed by atoms with Crippen LogP contribution < -0.4 is 0 Å². The van der Waals surface area contributed by atoms with Crippen LogP contribution in [-0.4, -0.2) is 42.4 Å². The highest BCUT2D eigenvalue weighted by molar-refractivity contribution is 4.66. The van der Waals surface area contributed by atoms with E-state index in [1.54, 1.807) is 0 Å². The molecule has 0 amide bonds. The minimum absolute atomic E-state index is 0.417. The minimum Gasteiger partial charge on any atom is -0.396 e. The highest BCUT2D eigenvalue weighted by Gasteiger charge is 2.34. The van der Waals surface area contributed by atoms with E-state index in [0.717, 1.165) is 0 Å². The zero-order chi connectivity index (χ0) is 9.15. The van der Waals surface area contributed by atoms with E-state index in [1.165, 1.54) is 62.8 Å². The summed E-state index contributed by atoms with van der Waals surface area (Å²) in [7, 11) is 0. The van der Waals surface area contributed by atoms with Gasteiger partial charge in [0.05, 0.1) is 26.2 Å². The summed E-state index contributed by atoms with van der Waals surface area (Å²) in [4.78, 5) is 0. The number of hydrogen-bond donors (Lipinski definition) is 1. The topological polar surface area (TPSA) is 20.2 Å². The summed E-state index contributed by atoms with van der Waals surface area (Å²) in [5, 5.41) is 9.07. The third-order valence-electron chi connectivity index (χ3n) is 4.05. The fraction of sp³-hybridized carbons (Fsp3) is 1.00. The largest absolute Gasteiger partial charge is 0.396 e. The van der Waals surface area contributed by atoms with Crippen LogP contribution in [0, 0.1) is 5.92 Å². The van der Waals surface area contributed by atoms with E-state index in [9.17, 15) is 0 Å². The number of quaternary nitrogens is 1. The Labute approximate surface area is 81.1 Å². The second-order valence-corrected chi connectivity index (χ2v) is 4.92. The standard InChI is InChI=1S/C11H22NO/c13-10-11-4-8-12(9-5-11)6-2-1-3-7-12/h11,13H,1-10H2/q+1. The molecule has 0 bridgehead atoms. The smallest absolute Gasteiger partial charge is 0.0790 e. The van der Waals surface area contributed by atoms with Crippen LogP contribution in [0.2, 0.25) is 0 Å². The zero-order valence-electron chi connectivity index (χ0n) is 8.54. The van der Waals surface area contributed by atoms with Crippen molar-refractivity contribution >= 4 is 0 Å². The van der Waals surface area contributed by atoms with Gasteiger partial charge in [0, 0.05) is 19.4 Å². The van der Waals surface area contributed by atoms with Crippen molar-refractivity contribution in [3.63, 3.8) is 0 Å². The van der Waals surface area contributed by atoms with Gasteiger partial charge in [0.25, 0.3) is 0 Å². The zero-order valence-corrected chi connectivity index (χ0v) is 8.54. The van der Waals surface area contributed by atoms with Gasteiger partial charge in [-0.15, -0.1) is 0 Å². The van der Waals surface area contributed by atoms with Gasteiger partial charge in [-0.25, -0.2) is 0 Å². The molecule has 2 fully saturated rings. The van der Waals surface area contributed by atoms with Crippen molar-refractivity contribution < 1.29 is 9.59 Å². The molecule has 0 aliphatic carbocycles. The third-order valence-corrected chi connectivity index (χ3v) is 4.05. The van der Waals surface area contributed by atoms with Crippen LogP contribution in [0.5, 0.6) is 0 Å². The average Bonchev–Trinajstić information content (AvgIpc) is 2.20. The molecule has 2 rings (SSSR count). The quantitative estimate of drug-likeness (QED) is 0.611. The predicted molar refractivity (Wildman–Crippen MR) is 53.4 cm³/mol. The van der Waals surface area contributed by atoms with Crippen molar-refractivity contribution in [3.05, 3.63) is 0 Å². The molecule has 1 spiro atoms. The Morgan fingerprint density at radius 3 is 2.08 bits per heavy atom. The van der Waals surface area contributed by atoms with Crippen LogP contribution in [0.15, 0.2) is 0 Å². The van der Waals surface area contributed by atoms with Crippen LogP contribution in [0.25, 0.3) is 0 Å². The predicted octanol–water partition coefficient (Wildman–Crippen LogP) is 1.39. The van der Waals surface area contributed by atoms with E-state index in [-0.39, 0.29) is 0 Å². The van der Waals surface area contributed by atoms with Gasteiger partial charge < -0.3 is 9.59 Å². The Morgan fingerprint density at radius 2 is 1.54 bits per heavy atom. The minimum atomic E-state index is 0.417. The highest BCUT2D eigenvalue weighted by Crippen LogP contribution is 2.27. The molecule has 0 aromatic rings. The molecule has 13 heavy (non-hydrogen) atoms. The Balaban J connectivity index is 1.87. The maximum atomic E-state index is 9.07. The van der Waals surface area contributed by atoms with E-state index >= 15 is 0 Å². The van der Waals surface area contributed by atoms with Crippen LogP contribution in [0.3, 0.4) is 0 Å². The Kier molecular flexibility index (Phi) is 2.89.